The molecule has 0 aliphatic carbocycles. The van der Waals surface area contributed by atoms with Crippen LogP contribution in [0.4, 0.5) is 0 Å². The van der Waals surface area contributed by atoms with E-state index in [1.165, 1.54) is 57.4 Å². The molecule has 0 N–H and O–H groups in total. The van der Waals surface area contributed by atoms with Crippen molar-refractivity contribution >= 4 is 39.1 Å². The quantitative estimate of drug-likeness (QED) is 0.134. The lowest BCUT2D eigenvalue weighted by Crippen LogP contribution is -2.12. The van der Waals surface area contributed by atoms with E-state index in [4.69, 9.17) is 17.3 Å². The molecule has 3 rings (SSSR count). The summed E-state index contributed by atoms with van der Waals surface area (Å²) >= 11 is 3.50. The van der Waals surface area contributed by atoms with Gasteiger partial charge in [0, 0.05) is 11.1 Å². The summed E-state index contributed by atoms with van der Waals surface area (Å²) < 4.78 is 39.1. The average Bonchev–Trinajstić information content (AvgIpc) is 3.03. The Morgan fingerprint density at radius 2 is 1.14 bits per heavy atom. The third-order valence-electron chi connectivity index (χ3n) is 6.53. The van der Waals surface area contributed by atoms with Crippen LogP contribution in [0.25, 0.3) is 11.1 Å². The summed E-state index contributed by atoms with van der Waals surface area (Å²) in [6.07, 6.45) is 14.2. The summed E-state index contributed by atoms with van der Waals surface area (Å²) in [6.45, 7) is 5.60. The topological polar surface area (TPSA) is 52.6 Å². The van der Waals surface area contributed by atoms with Crippen molar-refractivity contribution < 1.29 is 17.9 Å². The maximum atomic E-state index is 13.2. The molecule has 2 radical (unpaired) electrons. The van der Waals surface area contributed by atoms with Gasteiger partial charge in [-0.25, -0.2) is 8.42 Å². The number of ether oxygens (including phenoxy) is 2. The Morgan fingerprint density at radius 3 is 1.71 bits per heavy atom. The van der Waals surface area contributed by atoms with Gasteiger partial charge in [-0.15, -0.1) is 0 Å². The van der Waals surface area contributed by atoms with E-state index in [9.17, 15) is 8.42 Å². The summed E-state index contributed by atoms with van der Waals surface area (Å²) in [5, 5.41) is 0. The average molecular weight is 561 g/mol. The van der Waals surface area contributed by atoms with Crippen molar-refractivity contribution in [3.63, 3.8) is 0 Å². The Kier molecular flexibility index (Phi) is 11.0. The number of sulfone groups is 1. The number of unbranched alkanes of at least 4 members (excludes halogenated alkanes) is 10. The minimum absolute atomic E-state index is 0.233. The van der Waals surface area contributed by atoms with E-state index in [0.717, 1.165) is 25.7 Å². The standard InChI is InChI=1S/C28H38BBrO4S/c1-3-5-7-9-11-13-15-33-25-17-21-22-18-26(34-16-14-12-10-8-6-4-2)24(30)20-28(22)35(31,32)27(21)19-23(25)29/h17-20H,3-16H2,1-2H3. The lowest BCUT2D eigenvalue weighted by molar-refractivity contribution is 0.302. The van der Waals surface area contributed by atoms with E-state index >= 15 is 0 Å². The summed E-state index contributed by atoms with van der Waals surface area (Å²) in [5.41, 5.74) is 1.62. The zero-order valence-electron chi connectivity index (χ0n) is 21.2. The van der Waals surface area contributed by atoms with E-state index in [2.05, 4.69) is 29.8 Å². The van der Waals surface area contributed by atoms with Gasteiger partial charge in [-0.05, 0) is 53.0 Å². The lowest BCUT2D eigenvalue weighted by atomic mass is 9.92. The van der Waals surface area contributed by atoms with Gasteiger partial charge in [0.25, 0.3) is 0 Å². The number of hydrogen-bond acceptors (Lipinski definition) is 4. The second-order valence-electron chi connectivity index (χ2n) is 9.40. The smallest absolute Gasteiger partial charge is 0.207 e. The fourth-order valence-electron chi connectivity index (χ4n) is 4.46. The fourth-order valence-corrected chi connectivity index (χ4v) is 6.78. The van der Waals surface area contributed by atoms with E-state index in [1.807, 2.05) is 6.07 Å². The molecular weight excluding hydrogens is 523 g/mol. The van der Waals surface area contributed by atoms with Crippen molar-refractivity contribution in [3.05, 3.63) is 28.7 Å². The lowest BCUT2D eigenvalue weighted by Gasteiger charge is -2.12. The maximum absolute atomic E-state index is 13.2. The number of benzene rings is 2. The predicted molar refractivity (Wildman–Crippen MR) is 148 cm³/mol. The first-order valence-corrected chi connectivity index (χ1v) is 15.5. The van der Waals surface area contributed by atoms with E-state index in [1.54, 1.807) is 12.1 Å². The Labute approximate surface area is 221 Å². The predicted octanol–water partition coefficient (Wildman–Crippen LogP) is 7.53. The molecule has 0 atom stereocenters. The molecule has 0 unspecified atom stereocenters. The molecule has 0 saturated carbocycles. The second-order valence-corrected chi connectivity index (χ2v) is 12.1. The van der Waals surface area contributed by atoms with Crippen molar-refractivity contribution in [1.29, 1.82) is 0 Å². The first kappa shape index (κ1) is 28.1. The van der Waals surface area contributed by atoms with E-state index in [-0.39, 0.29) is 9.79 Å². The molecule has 0 saturated heterocycles. The van der Waals surface area contributed by atoms with Gasteiger partial charge in [-0.1, -0.05) is 83.5 Å². The number of halogens is 1. The van der Waals surface area contributed by atoms with Crippen LogP contribution in [0.3, 0.4) is 0 Å². The van der Waals surface area contributed by atoms with Gasteiger partial charge in [-0.3, -0.25) is 0 Å². The van der Waals surface area contributed by atoms with Crippen molar-refractivity contribution in [3.8, 4) is 22.6 Å². The van der Waals surface area contributed by atoms with Crippen LogP contribution in [-0.2, 0) is 9.84 Å². The molecule has 0 fully saturated rings. The highest BCUT2D eigenvalue weighted by molar-refractivity contribution is 9.10. The SMILES string of the molecule is [B]c1cc2c(cc1OCCCCCCCC)-c1cc(OCCCCCCCC)c(Br)cc1S2(=O)=O. The molecule has 1 aliphatic rings. The monoisotopic (exact) mass is 560 g/mol. The third-order valence-corrected chi connectivity index (χ3v) is 8.98. The molecule has 2 aromatic carbocycles. The molecule has 190 valence electrons. The minimum Gasteiger partial charge on any atom is -0.494 e. The summed E-state index contributed by atoms with van der Waals surface area (Å²) in [7, 11) is 2.55. The van der Waals surface area contributed by atoms with Crippen molar-refractivity contribution in [2.75, 3.05) is 13.2 Å². The van der Waals surface area contributed by atoms with Crippen LogP contribution in [0.15, 0.2) is 38.5 Å². The molecule has 0 spiro atoms. The molecular formula is C28H38BBrO4S. The minimum atomic E-state index is -3.64. The number of hydrogen-bond donors (Lipinski definition) is 0. The Hall–Kier alpha value is -1.47. The van der Waals surface area contributed by atoms with Gasteiger partial charge in [-0.2, -0.15) is 0 Å². The number of rotatable bonds is 16. The van der Waals surface area contributed by atoms with Gasteiger partial charge in [0.05, 0.1) is 27.5 Å². The summed E-state index contributed by atoms with van der Waals surface area (Å²) in [4.78, 5) is 0.510. The van der Waals surface area contributed by atoms with Gasteiger partial charge < -0.3 is 9.47 Å². The Balaban J connectivity index is 1.70. The van der Waals surface area contributed by atoms with Crippen LogP contribution in [0.2, 0.25) is 0 Å². The van der Waals surface area contributed by atoms with Gasteiger partial charge in [0.1, 0.15) is 19.3 Å². The Morgan fingerprint density at radius 1 is 0.686 bits per heavy atom. The summed E-state index contributed by atoms with van der Waals surface area (Å²) in [5.74, 6) is 1.20. The Bertz CT molecular complexity index is 1010. The molecule has 7 heteroatoms. The van der Waals surface area contributed by atoms with E-state index < -0.39 is 9.84 Å². The molecule has 1 aliphatic heterocycles. The van der Waals surface area contributed by atoms with Crippen LogP contribution in [0.1, 0.15) is 90.9 Å². The highest BCUT2D eigenvalue weighted by Gasteiger charge is 2.35. The highest BCUT2D eigenvalue weighted by Crippen LogP contribution is 2.47. The largest absolute Gasteiger partial charge is 0.494 e. The molecule has 4 nitrogen and oxygen atoms in total. The van der Waals surface area contributed by atoms with Gasteiger partial charge >= 0.3 is 0 Å². The van der Waals surface area contributed by atoms with Crippen molar-refractivity contribution in [2.45, 2.75) is 101 Å². The van der Waals surface area contributed by atoms with Crippen LogP contribution in [0.5, 0.6) is 11.5 Å². The van der Waals surface area contributed by atoms with Crippen LogP contribution < -0.4 is 14.9 Å². The zero-order valence-corrected chi connectivity index (χ0v) is 23.6. The van der Waals surface area contributed by atoms with Gasteiger partial charge in [0.2, 0.25) is 9.84 Å². The fraction of sp³-hybridized carbons (Fsp3) is 0.571. The third kappa shape index (κ3) is 7.28. The van der Waals surface area contributed by atoms with Crippen LogP contribution in [-0.4, -0.2) is 29.5 Å². The number of fused-ring (bicyclic) bond motifs is 3. The summed E-state index contributed by atoms with van der Waals surface area (Å²) in [6, 6.07) is 6.78. The van der Waals surface area contributed by atoms with Crippen LogP contribution >= 0.6 is 15.9 Å². The molecule has 0 amide bonds. The zero-order chi connectivity index (χ0) is 25.3. The second kappa shape index (κ2) is 13.7. The van der Waals surface area contributed by atoms with Gasteiger partial charge in [0.15, 0.2) is 0 Å². The first-order valence-electron chi connectivity index (χ1n) is 13.2. The molecule has 35 heavy (non-hydrogen) atoms. The molecule has 2 aromatic rings. The van der Waals surface area contributed by atoms with Crippen LogP contribution in [0, 0.1) is 0 Å². The highest BCUT2D eigenvalue weighted by atomic mass is 79.9. The first-order chi connectivity index (χ1) is 16.9. The molecule has 1 heterocycles. The molecule has 0 aromatic heterocycles. The normalized spacial score (nSPS) is 13.5. The molecule has 0 bridgehead atoms. The van der Waals surface area contributed by atoms with Crippen molar-refractivity contribution in [2.24, 2.45) is 0 Å². The maximum Gasteiger partial charge on any atom is 0.207 e. The van der Waals surface area contributed by atoms with E-state index in [0.29, 0.717) is 45.8 Å². The van der Waals surface area contributed by atoms with Crippen molar-refractivity contribution in [1.82, 2.24) is 0 Å².